The van der Waals surface area contributed by atoms with E-state index >= 15 is 0 Å². The molecule has 2 aliphatic heterocycles. The van der Waals surface area contributed by atoms with Gasteiger partial charge in [0.1, 0.15) is 5.75 Å². The van der Waals surface area contributed by atoms with Crippen molar-refractivity contribution < 1.29 is 9.53 Å². The molecule has 1 saturated heterocycles. The summed E-state index contributed by atoms with van der Waals surface area (Å²) in [6.45, 7) is 4.23. The Morgan fingerprint density at radius 2 is 2.18 bits per heavy atom. The minimum absolute atomic E-state index is 0.103. The molecule has 0 bridgehead atoms. The molecule has 1 fully saturated rings. The lowest BCUT2D eigenvalue weighted by atomic mass is 10.0. The van der Waals surface area contributed by atoms with E-state index in [1.165, 1.54) is 11.1 Å². The zero-order valence-electron chi connectivity index (χ0n) is 13.2. The second-order valence-electron chi connectivity index (χ2n) is 6.15. The maximum absolute atomic E-state index is 11.4. The van der Waals surface area contributed by atoms with E-state index in [0.717, 1.165) is 51.3 Å². The number of benzene rings is 1. The van der Waals surface area contributed by atoms with Gasteiger partial charge in [0.15, 0.2) is 0 Å². The van der Waals surface area contributed by atoms with Gasteiger partial charge in [0.05, 0.1) is 13.2 Å². The highest BCUT2D eigenvalue weighted by atomic mass is 16.5. The van der Waals surface area contributed by atoms with Gasteiger partial charge in [0, 0.05) is 39.1 Å². The summed E-state index contributed by atoms with van der Waals surface area (Å²) in [4.78, 5) is 13.6. The first-order valence-corrected chi connectivity index (χ1v) is 8.15. The second-order valence-corrected chi connectivity index (χ2v) is 6.15. The normalized spacial score (nSPS) is 18.8. The first kappa shape index (κ1) is 15.3. The fourth-order valence-corrected chi connectivity index (χ4v) is 3.19. The van der Waals surface area contributed by atoms with Crippen molar-refractivity contribution in [1.29, 1.82) is 0 Å². The van der Waals surface area contributed by atoms with Gasteiger partial charge in [-0.2, -0.15) is 0 Å². The smallest absolute Gasteiger partial charge is 0.233 e. The van der Waals surface area contributed by atoms with E-state index < -0.39 is 0 Å². The number of nitrogens with one attached hydrogen (secondary N) is 2. The number of piperidine rings is 1. The van der Waals surface area contributed by atoms with Crippen LogP contribution in [0.4, 0.5) is 0 Å². The molecule has 3 rings (SSSR count). The second kappa shape index (κ2) is 7.11. The molecule has 120 valence electrons. The minimum Gasteiger partial charge on any atom is -0.493 e. The monoisotopic (exact) mass is 303 g/mol. The van der Waals surface area contributed by atoms with Crippen LogP contribution in [0, 0.1) is 0 Å². The van der Waals surface area contributed by atoms with Crippen LogP contribution in [0.1, 0.15) is 24.0 Å². The van der Waals surface area contributed by atoms with E-state index in [1.807, 2.05) is 0 Å². The third-order valence-electron chi connectivity index (χ3n) is 4.58. The predicted molar refractivity (Wildman–Crippen MR) is 86.0 cm³/mol. The molecule has 22 heavy (non-hydrogen) atoms. The Morgan fingerprint density at radius 3 is 2.95 bits per heavy atom. The Morgan fingerprint density at radius 1 is 1.36 bits per heavy atom. The van der Waals surface area contributed by atoms with Crippen molar-refractivity contribution in [2.45, 2.75) is 31.8 Å². The largest absolute Gasteiger partial charge is 0.493 e. The molecule has 0 radical (unpaired) electrons. The Hall–Kier alpha value is -1.59. The number of nitrogens with zero attached hydrogens (tertiary/aromatic N) is 1. The van der Waals surface area contributed by atoms with Gasteiger partial charge in [-0.15, -0.1) is 0 Å². The Balaban J connectivity index is 1.42. The average Bonchev–Trinajstić information content (AvgIpc) is 3.01. The number of amides is 1. The van der Waals surface area contributed by atoms with Crippen LogP contribution in [0.15, 0.2) is 18.2 Å². The number of ether oxygens (including phenoxy) is 1. The number of likely N-dealkylation sites (tertiary alicyclic amines) is 1. The minimum atomic E-state index is 0.103. The fourth-order valence-electron chi connectivity index (χ4n) is 3.19. The van der Waals surface area contributed by atoms with E-state index in [0.29, 0.717) is 12.6 Å². The number of hydrogen-bond acceptors (Lipinski definition) is 4. The topological polar surface area (TPSA) is 53.6 Å². The Labute approximate surface area is 132 Å². The van der Waals surface area contributed by atoms with E-state index in [1.54, 1.807) is 7.05 Å². The lowest BCUT2D eigenvalue weighted by Crippen LogP contribution is -2.45. The maximum Gasteiger partial charge on any atom is 0.233 e. The number of fused-ring (bicyclic) bond motifs is 1. The number of likely N-dealkylation sites (N-methyl/N-ethyl adjacent to an activating group) is 1. The highest BCUT2D eigenvalue weighted by Gasteiger charge is 2.20. The van der Waals surface area contributed by atoms with Gasteiger partial charge in [-0.25, -0.2) is 0 Å². The highest BCUT2D eigenvalue weighted by Crippen LogP contribution is 2.25. The summed E-state index contributed by atoms with van der Waals surface area (Å²) < 4.78 is 5.54. The molecule has 0 aromatic heterocycles. The van der Waals surface area contributed by atoms with Gasteiger partial charge in [-0.1, -0.05) is 12.1 Å². The summed E-state index contributed by atoms with van der Waals surface area (Å²) >= 11 is 0. The van der Waals surface area contributed by atoms with Crippen LogP contribution < -0.4 is 15.4 Å². The molecule has 0 aliphatic carbocycles. The van der Waals surface area contributed by atoms with Crippen LogP contribution in [-0.4, -0.2) is 50.1 Å². The first-order valence-electron chi connectivity index (χ1n) is 8.15. The van der Waals surface area contributed by atoms with Crippen LogP contribution in [0.2, 0.25) is 0 Å². The van der Waals surface area contributed by atoms with Crippen molar-refractivity contribution in [3.63, 3.8) is 0 Å². The summed E-state index contributed by atoms with van der Waals surface area (Å²) in [5, 5.41) is 6.33. The summed E-state index contributed by atoms with van der Waals surface area (Å²) in [6.07, 6.45) is 3.23. The molecule has 0 atom stereocenters. The summed E-state index contributed by atoms with van der Waals surface area (Å²) in [7, 11) is 1.69. The molecule has 0 spiro atoms. The molecule has 1 aromatic rings. The maximum atomic E-state index is 11.4. The molecule has 2 heterocycles. The van der Waals surface area contributed by atoms with E-state index in [-0.39, 0.29) is 5.91 Å². The Kier molecular flexibility index (Phi) is 4.95. The van der Waals surface area contributed by atoms with Crippen molar-refractivity contribution in [2.24, 2.45) is 0 Å². The molecular weight excluding hydrogens is 278 g/mol. The molecule has 0 saturated carbocycles. The van der Waals surface area contributed by atoms with Crippen LogP contribution in [0.3, 0.4) is 0 Å². The van der Waals surface area contributed by atoms with E-state index in [4.69, 9.17) is 4.74 Å². The molecular formula is C17H25N3O2. The predicted octanol–water partition coefficient (Wildman–Crippen LogP) is 0.921. The summed E-state index contributed by atoms with van der Waals surface area (Å²) in [5.41, 5.74) is 2.66. The van der Waals surface area contributed by atoms with Crippen molar-refractivity contribution in [3.8, 4) is 5.75 Å². The SMILES string of the molecule is CNC(=O)CN1CCC(NCc2ccc3c(c2)CCO3)CC1. The highest BCUT2D eigenvalue weighted by molar-refractivity contribution is 5.77. The summed E-state index contributed by atoms with van der Waals surface area (Å²) in [5.74, 6) is 1.15. The molecule has 2 N–H and O–H groups in total. The fraction of sp³-hybridized carbons (Fsp3) is 0.588. The van der Waals surface area contributed by atoms with Gasteiger partial charge in [0.25, 0.3) is 0 Å². The van der Waals surface area contributed by atoms with Crippen LogP contribution in [0.5, 0.6) is 5.75 Å². The zero-order valence-corrected chi connectivity index (χ0v) is 13.2. The molecule has 2 aliphatic rings. The molecule has 5 nitrogen and oxygen atoms in total. The van der Waals surface area contributed by atoms with Crippen LogP contribution in [-0.2, 0) is 17.8 Å². The van der Waals surface area contributed by atoms with Crippen molar-refractivity contribution >= 4 is 5.91 Å². The average molecular weight is 303 g/mol. The van der Waals surface area contributed by atoms with Gasteiger partial charge in [0.2, 0.25) is 5.91 Å². The van der Waals surface area contributed by atoms with Crippen molar-refractivity contribution in [3.05, 3.63) is 29.3 Å². The Bertz CT molecular complexity index is 525. The first-order chi connectivity index (χ1) is 10.7. The zero-order chi connectivity index (χ0) is 15.4. The lowest BCUT2D eigenvalue weighted by Gasteiger charge is -2.31. The van der Waals surface area contributed by atoms with Crippen molar-refractivity contribution in [2.75, 3.05) is 33.3 Å². The van der Waals surface area contributed by atoms with Crippen LogP contribution >= 0.6 is 0 Å². The standard InChI is InChI=1S/C17H25N3O2/c1-18-17(21)12-20-7-4-15(5-8-20)19-11-13-2-3-16-14(10-13)6-9-22-16/h2-3,10,15,19H,4-9,11-12H2,1H3,(H,18,21). The number of hydrogen-bond donors (Lipinski definition) is 2. The lowest BCUT2D eigenvalue weighted by molar-refractivity contribution is -0.122. The van der Waals surface area contributed by atoms with Gasteiger partial charge in [-0.05, 0) is 30.0 Å². The third-order valence-corrected chi connectivity index (χ3v) is 4.58. The van der Waals surface area contributed by atoms with Crippen molar-refractivity contribution in [1.82, 2.24) is 15.5 Å². The third kappa shape index (κ3) is 3.78. The van der Waals surface area contributed by atoms with Crippen LogP contribution in [0.25, 0.3) is 0 Å². The number of carbonyl (C=O) groups excluding carboxylic acids is 1. The summed E-state index contributed by atoms with van der Waals surface area (Å²) in [6, 6.07) is 7.05. The molecule has 0 unspecified atom stereocenters. The quantitative estimate of drug-likeness (QED) is 0.849. The van der Waals surface area contributed by atoms with E-state index in [9.17, 15) is 4.79 Å². The van der Waals surface area contributed by atoms with Gasteiger partial charge >= 0.3 is 0 Å². The van der Waals surface area contributed by atoms with E-state index in [2.05, 4.69) is 33.7 Å². The van der Waals surface area contributed by atoms with Gasteiger partial charge < -0.3 is 15.4 Å². The molecule has 1 amide bonds. The number of rotatable bonds is 5. The molecule has 1 aromatic carbocycles. The van der Waals surface area contributed by atoms with Gasteiger partial charge in [-0.3, -0.25) is 9.69 Å². The number of carbonyl (C=O) groups is 1. The molecule has 5 heteroatoms.